The summed E-state index contributed by atoms with van der Waals surface area (Å²) in [7, 11) is 1.55. The number of ether oxygens (including phenoxy) is 1. The van der Waals surface area contributed by atoms with Crippen molar-refractivity contribution in [1.82, 2.24) is 5.32 Å². The van der Waals surface area contributed by atoms with E-state index in [9.17, 15) is 14.4 Å². The van der Waals surface area contributed by atoms with E-state index in [1.165, 1.54) is 24.3 Å². The van der Waals surface area contributed by atoms with Crippen molar-refractivity contribution in [2.75, 3.05) is 12.0 Å². The van der Waals surface area contributed by atoms with Crippen molar-refractivity contribution in [1.29, 1.82) is 0 Å². The number of urea groups is 1. The predicted molar refractivity (Wildman–Crippen MR) is 133 cm³/mol. The second-order valence-electron chi connectivity index (χ2n) is 7.39. The van der Waals surface area contributed by atoms with Crippen LogP contribution in [0.15, 0.2) is 66.2 Å². The summed E-state index contributed by atoms with van der Waals surface area (Å²) >= 11 is 18.3. The summed E-state index contributed by atoms with van der Waals surface area (Å²) < 4.78 is 5.34. The quantitative estimate of drug-likeness (QED) is 0.338. The number of rotatable bonds is 5. The van der Waals surface area contributed by atoms with Gasteiger partial charge in [0, 0.05) is 5.02 Å². The van der Waals surface area contributed by atoms with Gasteiger partial charge in [-0.2, -0.15) is 0 Å². The fourth-order valence-electron chi connectivity index (χ4n) is 3.52. The maximum Gasteiger partial charge on any atom is 0.335 e. The first-order valence-electron chi connectivity index (χ1n) is 10.1. The lowest BCUT2D eigenvalue weighted by Crippen LogP contribution is -2.54. The van der Waals surface area contributed by atoms with Crippen LogP contribution in [0.5, 0.6) is 5.75 Å². The Balaban J connectivity index is 1.77. The highest BCUT2D eigenvalue weighted by atomic mass is 35.5. The Kier molecular flexibility index (Phi) is 6.93. The number of amides is 4. The normalized spacial score (nSPS) is 15.0. The number of imide groups is 2. The Labute approximate surface area is 210 Å². The predicted octanol–water partition coefficient (Wildman–Crippen LogP) is 5.91. The first kappa shape index (κ1) is 23.8. The smallest absolute Gasteiger partial charge is 0.335 e. The maximum atomic E-state index is 13.2. The van der Waals surface area contributed by atoms with Crippen molar-refractivity contribution in [2.45, 2.75) is 6.42 Å². The van der Waals surface area contributed by atoms with Crippen molar-refractivity contribution in [3.63, 3.8) is 0 Å². The molecule has 1 heterocycles. The van der Waals surface area contributed by atoms with E-state index < -0.39 is 17.8 Å². The Bertz CT molecular complexity index is 1350. The van der Waals surface area contributed by atoms with Crippen LogP contribution < -0.4 is 15.0 Å². The molecule has 172 valence electrons. The molecule has 0 saturated carbocycles. The number of anilines is 1. The van der Waals surface area contributed by atoms with Gasteiger partial charge in [-0.25, -0.2) is 9.69 Å². The molecule has 0 atom stereocenters. The number of methoxy groups -OCH3 is 1. The molecule has 0 unspecified atom stereocenters. The lowest BCUT2D eigenvalue weighted by molar-refractivity contribution is -0.122. The highest BCUT2D eigenvalue weighted by Gasteiger charge is 2.37. The van der Waals surface area contributed by atoms with Crippen LogP contribution in [-0.4, -0.2) is 25.0 Å². The van der Waals surface area contributed by atoms with Crippen LogP contribution >= 0.6 is 34.8 Å². The molecule has 1 fully saturated rings. The second-order valence-corrected chi connectivity index (χ2v) is 8.61. The lowest BCUT2D eigenvalue weighted by Gasteiger charge is -2.26. The molecule has 4 amide bonds. The van der Waals surface area contributed by atoms with E-state index in [-0.39, 0.29) is 21.3 Å². The molecule has 34 heavy (non-hydrogen) atoms. The minimum absolute atomic E-state index is 0.166. The molecule has 6 nitrogen and oxygen atoms in total. The SMILES string of the molecule is COc1ccc(/C=C2\C(=O)NC(=O)N(c3ccc(Cl)c(Cl)c3)C2=O)c(Cc2ccccc2Cl)c1. The summed E-state index contributed by atoms with van der Waals surface area (Å²) in [6.45, 7) is 0. The zero-order chi connectivity index (χ0) is 24.4. The van der Waals surface area contributed by atoms with Gasteiger partial charge in [-0.15, -0.1) is 0 Å². The fourth-order valence-corrected chi connectivity index (χ4v) is 4.02. The van der Waals surface area contributed by atoms with Crippen molar-refractivity contribution < 1.29 is 19.1 Å². The molecule has 1 saturated heterocycles. The third-order valence-electron chi connectivity index (χ3n) is 5.25. The average molecular weight is 516 g/mol. The highest BCUT2D eigenvalue weighted by molar-refractivity contribution is 6.43. The number of halogens is 3. The molecule has 3 aromatic rings. The van der Waals surface area contributed by atoms with Gasteiger partial charge in [0.05, 0.1) is 22.8 Å². The summed E-state index contributed by atoms with van der Waals surface area (Å²) in [4.78, 5) is 39.2. The van der Waals surface area contributed by atoms with Gasteiger partial charge in [-0.1, -0.05) is 59.1 Å². The number of hydrogen-bond donors (Lipinski definition) is 1. The van der Waals surface area contributed by atoms with E-state index in [4.69, 9.17) is 39.5 Å². The minimum Gasteiger partial charge on any atom is -0.497 e. The van der Waals surface area contributed by atoms with Crippen molar-refractivity contribution >= 4 is 64.4 Å². The molecule has 0 aliphatic carbocycles. The average Bonchev–Trinajstić information content (AvgIpc) is 2.81. The standard InChI is InChI=1S/C25H17Cl3N2O4/c1-34-18-8-6-14(16(11-18)10-15-4-2-3-5-20(15)26)12-19-23(31)29-25(33)30(24(19)32)17-7-9-21(27)22(28)13-17/h2-9,11-13H,10H2,1H3,(H,29,31,33)/b19-12+. The Morgan fingerprint density at radius 3 is 2.35 bits per heavy atom. The second kappa shape index (κ2) is 9.89. The van der Waals surface area contributed by atoms with E-state index in [0.717, 1.165) is 16.0 Å². The number of benzene rings is 3. The zero-order valence-corrected chi connectivity index (χ0v) is 20.0. The summed E-state index contributed by atoms with van der Waals surface area (Å²) in [5.41, 5.74) is 2.21. The molecule has 0 bridgehead atoms. The van der Waals surface area contributed by atoms with E-state index in [2.05, 4.69) is 5.32 Å². The van der Waals surface area contributed by atoms with Crippen LogP contribution in [0, 0.1) is 0 Å². The summed E-state index contributed by atoms with van der Waals surface area (Å²) in [5, 5.41) is 3.22. The largest absolute Gasteiger partial charge is 0.497 e. The van der Waals surface area contributed by atoms with Gasteiger partial charge in [-0.3, -0.25) is 14.9 Å². The molecule has 1 aliphatic heterocycles. The van der Waals surface area contributed by atoms with Gasteiger partial charge in [0.15, 0.2) is 0 Å². The first-order chi connectivity index (χ1) is 16.3. The third-order valence-corrected chi connectivity index (χ3v) is 6.36. The van der Waals surface area contributed by atoms with Gasteiger partial charge in [0.2, 0.25) is 0 Å². The van der Waals surface area contributed by atoms with Gasteiger partial charge in [0.1, 0.15) is 11.3 Å². The molecular formula is C25H17Cl3N2O4. The Morgan fingerprint density at radius 1 is 0.882 bits per heavy atom. The van der Waals surface area contributed by atoms with Gasteiger partial charge in [0.25, 0.3) is 11.8 Å². The third kappa shape index (κ3) is 4.80. The van der Waals surface area contributed by atoms with Gasteiger partial charge < -0.3 is 4.74 Å². The summed E-state index contributed by atoms with van der Waals surface area (Å²) in [5.74, 6) is -0.978. The number of carbonyl (C=O) groups is 3. The molecule has 0 radical (unpaired) electrons. The molecule has 0 aromatic heterocycles. The van der Waals surface area contributed by atoms with Crippen molar-refractivity contribution in [3.05, 3.63) is 98.0 Å². The number of barbiturate groups is 1. The van der Waals surface area contributed by atoms with Crippen molar-refractivity contribution in [3.8, 4) is 5.75 Å². The maximum absolute atomic E-state index is 13.2. The summed E-state index contributed by atoms with van der Waals surface area (Å²) in [6, 6.07) is 16.1. The van der Waals surface area contributed by atoms with Crippen LogP contribution in [-0.2, 0) is 16.0 Å². The number of carbonyl (C=O) groups excluding carboxylic acids is 3. The Hall–Kier alpha value is -3.32. The van der Waals surface area contributed by atoms with Gasteiger partial charge >= 0.3 is 6.03 Å². The molecule has 9 heteroatoms. The topological polar surface area (TPSA) is 75.7 Å². The monoisotopic (exact) mass is 514 g/mol. The molecular weight excluding hydrogens is 499 g/mol. The molecule has 1 aliphatic rings. The molecule has 0 spiro atoms. The van der Waals surface area contributed by atoms with E-state index in [0.29, 0.717) is 22.8 Å². The van der Waals surface area contributed by atoms with Crippen LogP contribution in [0.3, 0.4) is 0 Å². The van der Waals surface area contributed by atoms with Gasteiger partial charge in [-0.05, 0) is 65.6 Å². The van der Waals surface area contributed by atoms with Crippen LogP contribution in [0.25, 0.3) is 6.08 Å². The fraction of sp³-hybridized carbons (Fsp3) is 0.0800. The first-order valence-corrected chi connectivity index (χ1v) is 11.2. The lowest BCUT2D eigenvalue weighted by atomic mass is 9.97. The Morgan fingerprint density at radius 2 is 1.65 bits per heavy atom. The number of nitrogens with one attached hydrogen (secondary N) is 1. The number of hydrogen-bond acceptors (Lipinski definition) is 4. The van der Waals surface area contributed by atoms with E-state index >= 15 is 0 Å². The molecule has 4 rings (SSSR count). The molecule has 1 N–H and O–H groups in total. The number of nitrogens with zero attached hydrogens (tertiary/aromatic N) is 1. The van der Waals surface area contributed by atoms with Crippen LogP contribution in [0.2, 0.25) is 15.1 Å². The summed E-state index contributed by atoms with van der Waals surface area (Å²) in [6.07, 6.45) is 1.88. The van der Waals surface area contributed by atoms with Crippen LogP contribution in [0.1, 0.15) is 16.7 Å². The van der Waals surface area contributed by atoms with Crippen LogP contribution in [0.4, 0.5) is 10.5 Å². The van der Waals surface area contributed by atoms with E-state index in [1.807, 2.05) is 24.3 Å². The highest BCUT2D eigenvalue weighted by Crippen LogP contribution is 2.30. The molecule has 3 aromatic carbocycles. The van der Waals surface area contributed by atoms with Crippen molar-refractivity contribution in [2.24, 2.45) is 0 Å². The van der Waals surface area contributed by atoms with E-state index in [1.54, 1.807) is 25.3 Å². The minimum atomic E-state index is -0.878. The zero-order valence-electron chi connectivity index (χ0n) is 17.8.